The van der Waals surface area contributed by atoms with Crippen LogP contribution in [0.15, 0.2) is 12.4 Å². The summed E-state index contributed by atoms with van der Waals surface area (Å²) in [6.07, 6.45) is 8.08. The maximum atomic E-state index is 5.44. The van der Waals surface area contributed by atoms with Crippen molar-refractivity contribution >= 4 is 5.82 Å². The quantitative estimate of drug-likeness (QED) is 0.804. The molecule has 2 fully saturated rings. The maximum absolute atomic E-state index is 5.44. The molecule has 0 radical (unpaired) electrons. The molecule has 0 aromatic carbocycles. The molecule has 3 heterocycles. The zero-order valence-corrected chi connectivity index (χ0v) is 10.8. The molecular weight excluding hydrogens is 226 g/mol. The van der Waals surface area contributed by atoms with E-state index in [1.807, 2.05) is 0 Å². The predicted octanol–water partition coefficient (Wildman–Crippen LogP) is 2.36. The Morgan fingerprint density at radius 1 is 1.11 bits per heavy atom. The molecule has 98 valence electrons. The van der Waals surface area contributed by atoms with Crippen molar-refractivity contribution in [3.05, 3.63) is 18.1 Å². The summed E-state index contributed by atoms with van der Waals surface area (Å²) in [6.45, 7) is 3.96. The van der Waals surface area contributed by atoms with E-state index in [1.165, 1.54) is 25.7 Å². The van der Waals surface area contributed by atoms with Gasteiger partial charge in [0.25, 0.3) is 0 Å². The topological polar surface area (TPSA) is 38.2 Å². The van der Waals surface area contributed by atoms with Gasteiger partial charge >= 0.3 is 0 Å². The summed E-state index contributed by atoms with van der Waals surface area (Å²) in [5.41, 5.74) is 1.15. The average Bonchev–Trinajstić information content (AvgIpc) is 2.82. The second-order valence-corrected chi connectivity index (χ2v) is 5.26. The third-order valence-electron chi connectivity index (χ3n) is 3.95. The van der Waals surface area contributed by atoms with Gasteiger partial charge in [0.1, 0.15) is 12.1 Å². The highest BCUT2D eigenvalue weighted by atomic mass is 16.5. The first kappa shape index (κ1) is 11.9. The molecule has 4 heteroatoms. The molecule has 0 unspecified atom stereocenters. The third-order valence-corrected chi connectivity index (χ3v) is 3.95. The molecule has 1 atom stereocenters. The Labute approximate surface area is 108 Å². The Kier molecular flexibility index (Phi) is 3.74. The van der Waals surface area contributed by atoms with Gasteiger partial charge in [-0.15, -0.1) is 0 Å². The van der Waals surface area contributed by atoms with E-state index in [1.54, 1.807) is 6.33 Å². The minimum absolute atomic E-state index is 0.471. The molecule has 2 saturated heterocycles. The van der Waals surface area contributed by atoms with Crippen molar-refractivity contribution in [2.24, 2.45) is 0 Å². The molecule has 0 spiro atoms. The van der Waals surface area contributed by atoms with Gasteiger partial charge < -0.3 is 9.64 Å². The fraction of sp³-hybridized carbons (Fsp3) is 0.714. The van der Waals surface area contributed by atoms with Crippen LogP contribution >= 0.6 is 0 Å². The Bertz CT molecular complexity index is 382. The largest absolute Gasteiger partial charge is 0.381 e. The predicted molar refractivity (Wildman–Crippen MR) is 70.9 cm³/mol. The number of nitrogens with zero attached hydrogens (tertiary/aromatic N) is 3. The van der Waals surface area contributed by atoms with Crippen LogP contribution in [0.5, 0.6) is 0 Å². The monoisotopic (exact) mass is 247 g/mol. The van der Waals surface area contributed by atoms with E-state index in [0.29, 0.717) is 5.92 Å². The van der Waals surface area contributed by atoms with Crippen molar-refractivity contribution in [2.75, 3.05) is 31.2 Å². The first-order valence-electron chi connectivity index (χ1n) is 7.08. The summed E-state index contributed by atoms with van der Waals surface area (Å²) in [5.74, 6) is 1.58. The molecule has 1 aromatic rings. The summed E-state index contributed by atoms with van der Waals surface area (Å²) in [5, 5.41) is 0. The van der Waals surface area contributed by atoms with Crippen LogP contribution in [0.3, 0.4) is 0 Å². The van der Waals surface area contributed by atoms with Crippen LogP contribution in [0.4, 0.5) is 5.82 Å². The van der Waals surface area contributed by atoms with Crippen LogP contribution in [-0.4, -0.2) is 36.3 Å². The van der Waals surface area contributed by atoms with Crippen LogP contribution in [-0.2, 0) is 4.74 Å². The van der Waals surface area contributed by atoms with Crippen molar-refractivity contribution in [3.63, 3.8) is 0 Å². The van der Waals surface area contributed by atoms with Crippen LogP contribution in [0.2, 0.25) is 0 Å². The molecule has 0 saturated carbocycles. The molecule has 1 aromatic heterocycles. The molecule has 0 amide bonds. The number of rotatable bonds is 2. The second-order valence-electron chi connectivity index (χ2n) is 5.26. The second kappa shape index (κ2) is 5.65. The van der Waals surface area contributed by atoms with E-state index >= 15 is 0 Å². The lowest BCUT2D eigenvalue weighted by Gasteiger charge is -2.22. The molecule has 0 aliphatic carbocycles. The van der Waals surface area contributed by atoms with Crippen molar-refractivity contribution in [1.82, 2.24) is 9.97 Å². The molecule has 3 rings (SSSR count). The van der Waals surface area contributed by atoms with Crippen molar-refractivity contribution in [1.29, 1.82) is 0 Å². The molecule has 18 heavy (non-hydrogen) atoms. The van der Waals surface area contributed by atoms with Crippen molar-refractivity contribution in [2.45, 2.75) is 38.0 Å². The first-order chi connectivity index (χ1) is 8.93. The van der Waals surface area contributed by atoms with Crippen molar-refractivity contribution in [3.8, 4) is 0 Å². The lowest BCUT2D eigenvalue weighted by molar-refractivity contribution is 0.193. The number of anilines is 1. The van der Waals surface area contributed by atoms with E-state index in [2.05, 4.69) is 20.9 Å². The molecule has 0 N–H and O–H groups in total. The smallest absolute Gasteiger partial charge is 0.132 e. The van der Waals surface area contributed by atoms with Crippen LogP contribution < -0.4 is 4.90 Å². The van der Waals surface area contributed by atoms with E-state index < -0.39 is 0 Å². The van der Waals surface area contributed by atoms with Gasteiger partial charge in [-0.2, -0.15) is 0 Å². The lowest BCUT2D eigenvalue weighted by atomic mass is 10.0. The summed E-state index contributed by atoms with van der Waals surface area (Å²) in [7, 11) is 0. The molecular formula is C14H21N3O. The Hall–Kier alpha value is -1.16. The SMILES string of the molecule is c1nc([C@H]2CCOC2)cc(N2CCCCCC2)n1. The maximum Gasteiger partial charge on any atom is 0.132 e. The van der Waals surface area contributed by atoms with Gasteiger partial charge in [0, 0.05) is 31.7 Å². The number of ether oxygens (including phenoxy) is 1. The minimum Gasteiger partial charge on any atom is -0.381 e. The summed E-state index contributed by atoms with van der Waals surface area (Å²) in [6, 6.07) is 2.17. The Morgan fingerprint density at radius 2 is 1.94 bits per heavy atom. The summed E-state index contributed by atoms with van der Waals surface area (Å²) >= 11 is 0. The van der Waals surface area contributed by atoms with Crippen LogP contribution in [0, 0.1) is 0 Å². The summed E-state index contributed by atoms with van der Waals surface area (Å²) in [4.78, 5) is 11.3. The standard InChI is InChI=1S/C14H21N3O/c1-2-4-7-17(6-3-1)14-9-13(15-11-16-14)12-5-8-18-10-12/h9,11-12H,1-8,10H2/t12-/m0/s1. The highest BCUT2D eigenvalue weighted by Crippen LogP contribution is 2.26. The normalized spacial score (nSPS) is 25.1. The number of aromatic nitrogens is 2. The molecule has 2 aliphatic rings. The first-order valence-corrected chi connectivity index (χ1v) is 7.08. The Balaban J connectivity index is 1.76. The highest BCUT2D eigenvalue weighted by Gasteiger charge is 2.20. The van der Waals surface area contributed by atoms with Crippen LogP contribution in [0.1, 0.15) is 43.7 Å². The van der Waals surface area contributed by atoms with Gasteiger partial charge in [-0.25, -0.2) is 9.97 Å². The van der Waals surface area contributed by atoms with Crippen molar-refractivity contribution < 1.29 is 4.74 Å². The number of hydrogen-bond donors (Lipinski definition) is 0. The third kappa shape index (κ3) is 2.64. The van der Waals surface area contributed by atoms with Gasteiger partial charge in [0.2, 0.25) is 0 Å². The highest BCUT2D eigenvalue weighted by molar-refractivity contribution is 5.39. The zero-order chi connectivity index (χ0) is 12.2. The van der Waals surface area contributed by atoms with E-state index in [0.717, 1.165) is 44.2 Å². The zero-order valence-electron chi connectivity index (χ0n) is 10.8. The van der Waals surface area contributed by atoms with Gasteiger partial charge in [-0.1, -0.05) is 12.8 Å². The number of hydrogen-bond acceptors (Lipinski definition) is 4. The van der Waals surface area contributed by atoms with Crippen LogP contribution in [0.25, 0.3) is 0 Å². The Morgan fingerprint density at radius 3 is 2.67 bits per heavy atom. The van der Waals surface area contributed by atoms with Gasteiger partial charge in [0.15, 0.2) is 0 Å². The molecule has 2 aliphatic heterocycles. The summed E-state index contributed by atoms with van der Waals surface area (Å²) < 4.78 is 5.44. The lowest BCUT2D eigenvalue weighted by Crippen LogP contribution is -2.25. The molecule has 4 nitrogen and oxygen atoms in total. The fourth-order valence-electron chi connectivity index (χ4n) is 2.83. The van der Waals surface area contributed by atoms with Gasteiger partial charge in [0.05, 0.1) is 12.3 Å². The van der Waals surface area contributed by atoms with E-state index in [9.17, 15) is 0 Å². The minimum atomic E-state index is 0.471. The van der Waals surface area contributed by atoms with Gasteiger partial charge in [-0.05, 0) is 19.3 Å². The van der Waals surface area contributed by atoms with Gasteiger partial charge in [-0.3, -0.25) is 0 Å². The van der Waals surface area contributed by atoms with E-state index in [4.69, 9.17) is 4.74 Å². The average molecular weight is 247 g/mol. The fourth-order valence-corrected chi connectivity index (χ4v) is 2.83. The molecule has 0 bridgehead atoms. The van der Waals surface area contributed by atoms with E-state index in [-0.39, 0.29) is 0 Å².